The van der Waals surface area contributed by atoms with Crippen LogP contribution in [0.1, 0.15) is 69.8 Å². The first kappa shape index (κ1) is 35.9. The Morgan fingerprint density at radius 3 is 2.37 bits per heavy atom. The van der Waals surface area contributed by atoms with E-state index in [1.807, 2.05) is 30.3 Å². The van der Waals surface area contributed by atoms with Crippen molar-refractivity contribution in [2.24, 2.45) is 17.8 Å². The zero-order valence-electron chi connectivity index (χ0n) is 27.4. The van der Waals surface area contributed by atoms with E-state index in [1.54, 1.807) is 11.9 Å². The minimum Gasteiger partial charge on any atom is -0.390 e. The maximum absolute atomic E-state index is 13.8. The molecule has 46 heavy (non-hydrogen) atoms. The van der Waals surface area contributed by atoms with Crippen LogP contribution in [0.5, 0.6) is 0 Å². The second-order valence-corrected chi connectivity index (χ2v) is 13.5. The van der Waals surface area contributed by atoms with Crippen LogP contribution in [0, 0.1) is 30.1 Å². The Bertz CT molecular complexity index is 1140. The van der Waals surface area contributed by atoms with Gasteiger partial charge in [0.15, 0.2) is 0 Å². The van der Waals surface area contributed by atoms with Crippen molar-refractivity contribution in [3.05, 3.63) is 35.9 Å². The summed E-state index contributed by atoms with van der Waals surface area (Å²) in [7, 11) is 1.75. The summed E-state index contributed by atoms with van der Waals surface area (Å²) in [5.41, 5.74) is 0.911. The number of carbonyl (C=O) groups is 3. The number of hydrogen-bond donors (Lipinski definition) is 4. The van der Waals surface area contributed by atoms with Crippen LogP contribution < -0.4 is 10.6 Å². The predicted molar refractivity (Wildman–Crippen MR) is 176 cm³/mol. The molecule has 0 bridgehead atoms. The molecule has 2 aliphatic carbocycles. The maximum Gasteiger partial charge on any atom is 0.243 e. The Morgan fingerprint density at radius 1 is 1.02 bits per heavy atom. The lowest BCUT2D eigenvalue weighted by Crippen LogP contribution is -2.56. The first-order chi connectivity index (χ1) is 22.2. The number of benzene rings is 1. The van der Waals surface area contributed by atoms with Crippen molar-refractivity contribution in [2.45, 2.75) is 94.9 Å². The van der Waals surface area contributed by atoms with E-state index < -0.39 is 42.0 Å². The van der Waals surface area contributed by atoms with Crippen LogP contribution in [0.15, 0.2) is 30.3 Å². The SMILES string of the molecule is C#CCC(NC(=O)C(CC(=O)N(C)CCN1CCOCC1)Cc1ccccc1)C(=O)NC(CC1CCCCC1)C(O)[C@@H](O)C1CC1. The molecule has 3 fully saturated rings. The number of nitrogens with zero attached hydrogens (tertiary/aromatic N) is 2. The lowest BCUT2D eigenvalue weighted by molar-refractivity contribution is -0.137. The van der Waals surface area contributed by atoms with E-state index in [2.05, 4.69) is 21.5 Å². The molecule has 1 aromatic carbocycles. The van der Waals surface area contributed by atoms with Gasteiger partial charge in [0.2, 0.25) is 17.7 Å². The number of likely N-dealkylation sites (N-methyl/N-ethyl adjacent to an activating group) is 1. The Labute approximate surface area is 274 Å². The van der Waals surface area contributed by atoms with Gasteiger partial charge in [-0.2, -0.15) is 0 Å². The quantitative estimate of drug-likeness (QED) is 0.192. The number of hydrogen-bond acceptors (Lipinski definition) is 7. The molecular formula is C36H54N4O6. The fourth-order valence-corrected chi connectivity index (χ4v) is 6.68. The number of carbonyl (C=O) groups excluding carboxylic acids is 3. The van der Waals surface area contributed by atoms with E-state index >= 15 is 0 Å². The van der Waals surface area contributed by atoms with Gasteiger partial charge in [0, 0.05) is 46.1 Å². The number of aliphatic hydroxyl groups excluding tert-OH is 2. The molecule has 2 saturated carbocycles. The summed E-state index contributed by atoms with van der Waals surface area (Å²) >= 11 is 0. The second kappa shape index (κ2) is 18.4. The molecule has 0 spiro atoms. The molecule has 4 rings (SSSR count). The molecule has 5 atom stereocenters. The van der Waals surface area contributed by atoms with Crippen molar-refractivity contribution in [1.82, 2.24) is 20.4 Å². The number of amides is 3. The van der Waals surface area contributed by atoms with Gasteiger partial charge in [-0.05, 0) is 43.1 Å². The van der Waals surface area contributed by atoms with Gasteiger partial charge in [-0.15, -0.1) is 12.3 Å². The van der Waals surface area contributed by atoms with Gasteiger partial charge < -0.3 is 30.5 Å². The van der Waals surface area contributed by atoms with E-state index in [1.165, 1.54) is 6.42 Å². The van der Waals surface area contributed by atoms with Crippen molar-refractivity contribution in [2.75, 3.05) is 46.4 Å². The molecule has 254 valence electrons. The highest BCUT2D eigenvalue weighted by Crippen LogP contribution is 2.36. The number of ether oxygens (including phenoxy) is 1. The van der Waals surface area contributed by atoms with Gasteiger partial charge in [0.25, 0.3) is 0 Å². The van der Waals surface area contributed by atoms with Gasteiger partial charge in [-0.25, -0.2) is 0 Å². The summed E-state index contributed by atoms with van der Waals surface area (Å²) in [6.45, 7) is 4.30. The average molecular weight is 639 g/mol. The number of morpholine rings is 1. The third kappa shape index (κ3) is 11.4. The highest BCUT2D eigenvalue weighted by Gasteiger charge is 2.40. The van der Waals surface area contributed by atoms with Gasteiger partial charge in [0.1, 0.15) is 12.1 Å². The van der Waals surface area contributed by atoms with Gasteiger partial charge in [-0.1, -0.05) is 62.4 Å². The van der Waals surface area contributed by atoms with Crippen LogP contribution in [-0.2, 0) is 25.5 Å². The van der Waals surface area contributed by atoms with E-state index in [-0.39, 0.29) is 24.7 Å². The second-order valence-electron chi connectivity index (χ2n) is 13.5. The average Bonchev–Trinajstić information content (AvgIpc) is 3.93. The summed E-state index contributed by atoms with van der Waals surface area (Å²) in [6, 6.07) is 7.83. The Kier molecular flexibility index (Phi) is 14.3. The minimum absolute atomic E-state index is 0.0126. The topological polar surface area (TPSA) is 131 Å². The van der Waals surface area contributed by atoms with Crippen molar-refractivity contribution < 1.29 is 29.3 Å². The molecule has 0 aromatic heterocycles. The number of aliphatic hydroxyl groups is 2. The predicted octanol–water partition coefficient (Wildman–Crippen LogP) is 2.12. The van der Waals surface area contributed by atoms with E-state index in [0.29, 0.717) is 38.5 Å². The fourth-order valence-electron chi connectivity index (χ4n) is 6.68. The molecule has 1 aliphatic heterocycles. The van der Waals surface area contributed by atoms with Crippen LogP contribution in [0.2, 0.25) is 0 Å². The third-order valence-electron chi connectivity index (χ3n) is 9.86. The summed E-state index contributed by atoms with van der Waals surface area (Å²) in [5, 5.41) is 27.7. The number of terminal acetylenes is 1. The summed E-state index contributed by atoms with van der Waals surface area (Å²) in [4.78, 5) is 44.7. The molecule has 1 heterocycles. The zero-order valence-corrected chi connectivity index (χ0v) is 27.4. The Balaban J connectivity index is 1.42. The summed E-state index contributed by atoms with van der Waals surface area (Å²) < 4.78 is 5.41. The van der Waals surface area contributed by atoms with Crippen LogP contribution >= 0.6 is 0 Å². The maximum atomic E-state index is 13.8. The molecule has 3 aliphatic rings. The molecular weight excluding hydrogens is 584 g/mol. The number of rotatable bonds is 17. The van der Waals surface area contributed by atoms with Crippen molar-refractivity contribution in [3.63, 3.8) is 0 Å². The lowest BCUT2D eigenvalue weighted by atomic mass is 9.82. The van der Waals surface area contributed by atoms with Crippen LogP contribution in [-0.4, -0.2) is 108 Å². The molecule has 4 N–H and O–H groups in total. The minimum atomic E-state index is -1.10. The highest BCUT2D eigenvalue weighted by atomic mass is 16.5. The molecule has 1 saturated heterocycles. The van der Waals surface area contributed by atoms with Crippen LogP contribution in [0.25, 0.3) is 0 Å². The first-order valence-corrected chi connectivity index (χ1v) is 17.2. The van der Waals surface area contributed by atoms with E-state index in [0.717, 1.165) is 63.7 Å². The Morgan fingerprint density at radius 2 is 1.72 bits per heavy atom. The van der Waals surface area contributed by atoms with Crippen LogP contribution in [0.4, 0.5) is 0 Å². The molecule has 10 nitrogen and oxygen atoms in total. The van der Waals surface area contributed by atoms with Crippen molar-refractivity contribution in [3.8, 4) is 12.3 Å². The van der Waals surface area contributed by atoms with E-state index in [9.17, 15) is 24.6 Å². The molecule has 3 amide bonds. The van der Waals surface area contributed by atoms with Crippen molar-refractivity contribution in [1.29, 1.82) is 0 Å². The van der Waals surface area contributed by atoms with Gasteiger partial charge in [-0.3, -0.25) is 19.3 Å². The normalized spacial score (nSPS) is 20.8. The molecule has 4 unspecified atom stereocenters. The highest BCUT2D eigenvalue weighted by molar-refractivity contribution is 5.91. The molecule has 10 heteroatoms. The largest absolute Gasteiger partial charge is 0.390 e. The van der Waals surface area contributed by atoms with E-state index in [4.69, 9.17) is 11.2 Å². The van der Waals surface area contributed by atoms with Crippen LogP contribution in [0.3, 0.4) is 0 Å². The first-order valence-electron chi connectivity index (χ1n) is 17.2. The van der Waals surface area contributed by atoms with Gasteiger partial charge >= 0.3 is 0 Å². The standard InChI is InChI=1S/C36H54N4O6/c1-3-10-30(36(45)38-31(24-27-13-8-5-9-14-27)34(43)33(42)28-15-16-28)37-35(44)29(23-26-11-6-4-7-12-26)25-32(41)39(2)17-18-40-19-21-46-22-20-40/h1,4,6-7,11-12,27-31,33-34,42-43H,5,8-10,13-25H2,2H3,(H,37,44)(H,38,45)/t29?,30?,31?,33-,34?/m0/s1. The fraction of sp³-hybridized carbons (Fsp3) is 0.694. The lowest BCUT2D eigenvalue weighted by Gasteiger charge is -2.33. The van der Waals surface area contributed by atoms with Gasteiger partial charge in [0.05, 0.1) is 31.3 Å². The summed E-state index contributed by atoms with van der Waals surface area (Å²) in [5.74, 6) is 1.14. The molecule has 0 radical (unpaired) electrons. The molecule has 1 aromatic rings. The number of nitrogens with one attached hydrogen (secondary N) is 2. The van der Waals surface area contributed by atoms with Crippen molar-refractivity contribution >= 4 is 17.7 Å². The smallest absolute Gasteiger partial charge is 0.243 e. The third-order valence-corrected chi connectivity index (χ3v) is 9.86. The summed E-state index contributed by atoms with van der Waals surface area (Å²) in [6.07, 6.45) is 11.7. The monoisotopic (exact) mass is 638 g/mol. The Hall–Kier alpha value is -2.97. The zero-order chi connectivity index (χ0) is 32.9.